The Labute approximate surface area is 205 Å². The van der Waals surface area contributed by atoms with Gasteiger partial charge in [0.25, 0.3) is 0 Å². The van der Waals surface area contributed by atoms with Crippen LogP contribution in [0.15, 0.2) is 84.7 Å². The van der Waals surface area contributed by atoms with Crippen molar-refractivity contribution in [2.75, 3.05) is 0 Å². The number of nitrogens with zero attached hydrogens (tertiary/aromatic N) is 1. The van der Waals surface area contributed by atoms with Crippen molar-refractivity contribution in [3.05, 3.63) is 102 Å². The minimum Gasteiger partial charge on any atom is -0.512 e. The molecular weight excluding hydrogens is 579 g/mol. The molecule has 0 atom stereocenters. The smallest absolute Gasteiger partial charge is 0.194 e. The van der Waals surface area contributed by atoms with Crippen LogP contribution in [0.5, 0.6) is 0 Å². The van der Waals surface area contributed by atoms with Crippen molar-refractivity contribution in [2.24, 2.45) is 0 Å². The van der Waals surface area contributed by atoms with E-state index >= 15 is 0 Å². The molecule has 4 nitrogen and oxygen atoms in total. The number of rotatable bonds is 2. The van der Waals surface area contributed by atoms with Crippen LogP contribution in [0.1, 0.15) is 35.3 Å². The number of fused-ring (bicyclic) bond motifs is 2. The SMILES string of the molecule is CC(=O)/C=C(/C)O.[2H]c1[c-]c(-c2ncc3c4c(cccc24)C(=O)c2ccccc2-3)c([2H])c([2H])c1[2H].[Ir]. The maximum Gasteiger partial charge on any atom is 0.194 e. The number of carbonyl (C=O) groups excluding carboxylic acids is 2. The van der Waals surface area contributed by atoms with Gasteiger partial charge in [-0.05, 0) is 38.6 Å². The van der Waals surface area contributed by atoms with Crippen molar-refractivity contribution in [1.82, 2.24) is 4.98 Å². The largest absolute Gasteiger partial charge is 0.512 e. The van der Waals surface area contributed by atoms with Crippen LogP contribution in [0.25, 0.3) is 33.2 Å². The maximum atomic E-state index is 13.0. The molecule has 1 N–H and O–H groups in total. The topological polar surface area (TPSA) is 67.3 Å². The van der Waals surface area contributed by atoms with Crippen LogP contribution in [0.2, 0.25) is 0 Å². The van der Waals surface area contributed by atoms with Crippen LogP contribution in [0.4, 0.5) is 0 Å². The van der Waals surface area contributed by atoms with Crippen LogP contribution in [-0.4, -0.2) is 21.7 Å². The molecule has 5 heteroatoms. The average molecular weight is 603 g/mol. The molecule has 1 aliphatic rings. The number of hydrogen-bond donors (Lipinski definition) is 1. The van der Waals surface area contributed by atoms with Crippen molar-refractivity contribution >= 4 is 22.3 Å². The summed E-state index contributed by atoms with van der Waals surface area (Å²) in [4.78, 5) is 27.6. The fourth-order valence-corrected chi connectivity index (χ4v) is 3.62. The van der Waals surface area contributed by atoms with E-state index in [-0.39, 0.29) is 67.2 Å². The molecule has 0 bridgehead atoms. The van der Waals surface area contributed by atoms with Gasteiger partial charge in [-0.3, -0.25) is 9.59 Å². The molecular formula is C27H20IrNO3-. The molecule has 0 unspecified atom stereocenters. The Balaban J connectivity index is 0.000000400. The van der Waals surface area contributed by atoms with E-state index in [1.807, 2.05) is 24.3 Å². The number of aliphatic hydroxyl groups excluding tert-OH is 1. The Morgan fingerprint density at radius 2 is 1.75 bits per heavy atom. The van der Waals surface area contributed by atoms with Gasteiger partial charge >= 0.3 is 0 Å². The molecule has 3 aromatic carbocycles. The summed E-state index contributed by atoms with van der Waals surface area (Å²) < 4.78 is 31.8. The van der Waals surface area contributed by atoms with Crippen LogP contribution in [0, 0.1) is 6.07 Å². The van der Waals surface area contributed by atoms with Gasteiger partial charge in [0.05, 0.1) is 5.76 Å². The maximum absolute atomic E-state index is 13.0. The summed E-state index contributed by atoms with van der Waals surface area (Å²) in [6, 6.07) is 14.4. The summed E-state index contributed by atoms with van der Waals surface area (Å²) in [5.74, 6) is -0.128. The van der Waals surface area contributed by atoms with Crippen LogP contribution >= 0.6 is 0 Å². The number of aromatic nitrogens is 1. The molecule has 4 aromatic rings. The van der Waals surface area contributed by atoms with Crippen molar-refractivity contribution in [3.8, 4) is 22.4 Å². The van der Waals surface area contributed by atoms with Crippen LogP contribution < -0.4 is 0 Å². The fourth-order valence-electron chi connectivity index (χ4n) is 3.62. The standard InChI is InChI=1S/C22H12NO.C5H8O2.Ir/c24-22-16-10-5-4-9-15(16)19-13-23-21(14-7-2-1-3-8-14)17-11-6-12-18(22)20(17)19;1-4(6)3-5(2)7;/h1-7,9-13H;3,6H,1-2H3;/q-1;;/b;4-3-;/i1D,2D,3D,7D;;. The molecule has 1 aromatic heterocycles. The fraction of sp³-hybridized carbons (Fsp3) is 0.0741. The summed E-state index contributed by atoms with van der Waals surface area (Å²) in [5.41, 5.74) is 3.43. The summed E-state index contributed by atoms with van der Waals surface area (Å²) in [6.45, 7) is 2.85. The van der Waals surface area contributed by atoms with E-state index in [1.165, 1.54) is 19.9 Å². The van der Waals surface area contributed by atoms with E-state index < -0.39 is 0 Å². The first kappa shape index (κ1) is 18.2. The Hall–Kier alpha value is -3.40. The van der Waals surface area contributed by atoms with Gasteiger partial charge in [-0.2, -0.15) is 0 Å². The Morgan fingerprint density at radius 1 is 1.03 bits per heavy atom. The molecule has 0 amide bonds. The number of ketones is 2. The first-order valence-electron chi connectivity index (χ1n) is 11.6. The zero-order valence-corrected chi connectivity index (χ0v) is 19.6. The summed E-state index contributed by atoms with van der Waals surface area (Å²) >= 11 is 0. The van der Waals surface area contributed by atoms with Crippen LogP contribution in [-0.2, 0) is 24.9 Å². The number of benzene rings is 3. The van der Waals surface area contributed by atoms with Gasteiger partial charge in [-0.1, -0.05) is 42.5 Å². The van der Waals surface area contributed by atoms with Gasteiger partial charge in [0.1, 0.15) is 0 Å². The summed E-state index contributed by atoms with van der Waals surface area (Å²) in [7, 11) is 0. The third-order valence-corrected chi connectivity index (χ3v) is 4.77. The van der Waals surface area contributed by atoms with Crippen molar-refractivity contribution < 1.29 is 40.3 Å². The molecule has 0 saturated carbocycles. The van der Waals surface area contributed by atoms with Gasteiger partial charge in [-0.15, -0.1) is 35.8 Å². The average Bonchev–Trinajstić information content (AvgIpc) is 2.83. The molecule has 0 aliphatic heterocycles. The van der Waals surface area contributed by atoms with Gasteiger partial charge < -0.3 is 10.1 Å². The summed E-state index contributed by atoms with van der Waals surface area (Å²) in [6.07, 6.45) is 2.83. The first-order valence-corrected chi connectivity index (χ1v) is 9.55. The van der Waals surface area contributed by atoms with E-state index in [9.17, 15) is 9.59 Å². The quantitative estimate of drug-likeness (QED) is 0.154. The molecule has 0 spiro atoms. The number of hydrogen-bond acceptors (Lipinski definition) is 4. The molecule has 1 aliphatic carbocycles. The Morgan fingerprint density at radius 3 is 2.44 bits per heavy atom. The molecule has 1 heterocycles. The van der Waals surface area contributed by atoms with Gasteiger partial charge in [0.15, 0.2) is 11.6 Å². The predicted molar refractivity (Wildman–Crippen MR) is 122 cm³/mol. The number of aliphatic hydroxyl groups is 1. The molecule has 32 heavy (non-hydrogen) atoms. The van der Waals surface area contributed by atoms with E-state index in [0.717, 1.165) is 16.5 Å². The number of pyridine rings is 1. The zero-order chi connectivity index (χ0) is 25.4. The molecule has 161 valence electrons. The second kappa shape index (κ2) is 9.82. The molecule has 0 fully saturated rings. The number of carbonyl (C=O) groups is 2. The van der Waals surface area contributed by atoms with Gasteiger partial charge in [0.2, 0.25) is 0 Å². The second-order valence-corrected chi connectivity index (χ2v) is 7.02. The van der Waals surface area contributed by atoms with Crippen molar-refractivity contribution in [2.45, 2.75) is 13.8 Å². The Kier molecular flexibility index (Phi) is 5.58. The van der Waals surface area contributed by atoms with Gasteiger partial charge in [0, 0.05) is 51.8 Å². The molecule has 1 radical (unpaired) electrons. The van der Waals surface area contributed by atoms with E-state index in [0.29, 0.717) is 22.2 Å². The van der Waals surface area contributed by atoms with Crippen molar-refractivity contribution in [3.63, 3.8) is 0 Å². The third-order valence-electron chi connectivity index (χ3n) is 4.77. The van der Waals surface area contributed by atoms with E-state index in [2.05, 4.69) is 11.1 Å². The number of allylic oxidation sites excluding steroid dienone is 2. The van der Waals surface area contributed by atoms with Crippen LogP contribution in [0.3, 0.4) is 0 Å². The third kappa shape index (κ3) is 4.45. The van der Waals surface area contributed by atoms with E-state index in [1.54, 1.807) is 24.4 Å². The van der Waals surface area contributed by atoms with E-state index in [4.69, 9.17) is 10.6 Å². The molecule has 5 rings (SSSR count). The zero-order valence-electron chi connectivity index (χ0n) is 21.2. The first-order chi connectivity index (χ1) is 16.6. The second-order valence-electron chi connectivity index (χ2n) is 7.02. The minimum absolute atomic E-state index is 0. The molecule has 0 saturated heterocycles. The van der Waals surface area contributed by atoms with Gasteiger partial charge in [-0.25, -0.2) is 0 Å². The monoisotopic (exact) mass is 603 g/mol. The predicted octanol–water partition coefficient (Wildman–Crippen LogP) is 5.95. The normalized spacial score (nSPS) is 13.4. The summed E-state index contributed by atoms with van der Waals surface area (Å²) in [5, 5.41) is 9.78. The van der Waals surface area contributed by atoms with Crippen molar-refractivity contribution in [1.29, 1.82) is 0 Å². The minimum atomic E-state index is -0.333. The Bertz CT molecular complexity index is 1560.